The van der Waals surface area contributed by atoms with Crippen molar-refractivity contribution < 1.29 is 39.6 Å². The van der Waals surface area contributed by atoms with E-state index in [9.17, 15) is 39.6 Å². The molecule has 0 amide bonds. The first-order valence-corrected chi connectivity index (χ1v) is 12.4. The monoisotopic (exact) mass is 551 g/mol. The van der Waals surface area contributed by atoms with E-state index in [1.165, 1.54) is 0 Å². The maximum atomic E-state index is 11.8. The maximum absolute atomic E-state index is 11.8. The lowest BCUT2D eigenvalue weighted by molar-refractivity contribution is -0.142. The van der Waals surface area contributed by atoms with Crippen LogP contribution in [0.2, 0.25) is 0 Å². The van der Waals surface area contributed by atoms with Crippen molar-refractivity contribution in [3.05, 3.63) is 29.8 Å². The van der Waals surface area contributed by atoms with Gasteiger partial charge in [-0.25, -0.2) is 0 Å². The molecule has 1 aromatic carbocycles. The van der Waals surface area contributed by atoms with Crippen molar-refractivity contribution in [3.8, 4) is 0 Å². The first-order chi connectivity index (χ1) is 18.0. The quantitative estimate of drug-likeness (QED) is 0.212. The summed E-state index contributed by atoms with van der Waals surface area (Å²) in [7, 11) is 0. The van der Waals surface area contributed by atoms with Crippen LogP contribution in [0.25, 0.3) is 0 Å². The zero-order valence-electron chi connectivity index (χ0n) is 20.9. The lowest BCUT2D eigenvalue weighted by Crippen LogP contribution is -2.53. The molecular formula is C24H33N5O8S. The van der Waals surface area contributed by atoms with Gasteiger partial charge >= 0.3 is 23.9 Å². The summed E-state index contributed by atoms with van der Waals surface area (Å²) in [6.07, 6.45) is 0.392. The maximum Gasteiger partial charge on any atom is 0.317 e. The number of hydrogen-bond donors (Lipinski definition) is 4. The molecule has 208 valence electrons. The van der Waals surface area contributed by atoms with E-state index in [4.69, 9.17) is 0 Å². The second-order valence-electron chi connectivity index (χ2n) is 9.06. The Morgan fingerprint density at radius 1 is 0.737 bits per heavy atom. The lowest BCUT2D eigenvalue weighted by Gasteiger charge is -2.37. The van der Waals surface area contributed by atoms with Crippen molar-refractivity contribution >= 4 is 46.9 Å². The summed E-state index contributed by atoms with van der Waals surface area (Å²) in [5.41, 5.74) is 1.48. The SMILES string of the molecule is O=C(O)CN1CCN(CC(=O)O)CCN(CC(=O)O)[C@@H](Cc2ccc(N=C=S)cc2)CN(CC(=O)O)CC1. The Kier molecular flexibility index (Phi) is 12.9. The molecule has 1 aromatic rings. The highest BCUT2D eigenvalue weighted by atomic mass is 32.1. The van der Waals surface area contributed by atoms with E-state index < -0.39 is 29.9 Å². The number of isothiocyanates is 1. The molecule has 14 heteroatoms. The van der Waals surface area contributed by atoms with E-state index in [0.29, 0.717) is 12.1 Å². The van der Waals surface area contributed by atoms with Gasteiger partial charge in [0.05, 0.1) is 37.0 Å². The Labute approximate surface area is 225 Å². The Balaban J connectivity index is 2.41. The van der Waals surface area contributed by atoms with Crippen molar-refractivity contribution in [2.24, 2.45) is 4.99 Å². The molecule has 0 unspecified atom stereocenters. The van der Waals surface area contributed by atoms with Gasteiger partial charge in [0.2, 0.25) is 0 Å². The lowest BCUT2D eigenvalue weighted by atomic mass is 10.0. The van der Waals surface area contributed by atoms with Crippen LogP contribution in [-0.2, 0) is 25.6 Å². The molecule has 1 atom stereocenters. The fraction of sp³-hybridized carbons (Fsp3) is 0.542. The molecule has 0 aliphatic carbocycles. The van der Waals surface area contributed by atoms with Crippen LogP contribution in [-0.4, -0.2) is 147 Å². The number of carboxylic acid groups (broad SMARTS) is 4. The van der Waals surface area contributed by atoms with Gasteiger partial charge in [0.15, 0.2) is 0 Å². The first kappa shape index (κ1) is 31.0. The van der Waals surface area contributed by atoms with Crippen molar-refractivity contribution in [3.63, 3.8) is 0 Å². The molecule has 13 nitrogen and oxygen atoms in total. The van der Waals surface area contributed by atoms with Crippen molar-refractivity contribution in [2.75, 3.05) is 72.0 Å². The Hall–Kier alpha value is -3.26. The second-order valence-corrected chi connectivity index (χ2v) is 9.24. The van der Waals surface area contributed by atoms with Gasteiger partial charge in [-0.2, -0.15) is 4.99 Å². The highest BCUT2D eigenvalue weighted by molar-refractivity contribution is 7.78. The van der Waals surface area contributed by atoms with Gasteiger partial charge in [0.25, 0.3) is 0 Å². The number of aliphatic carboxylic acids is 4. The standard InChI is InChI=1S/C24H33N5O8S/c30-21(31)13-26-5-6-27(14-22(32)33)9-10-29(16-24(36)37)20(12-28(8-7-26)15-23(34)35)11-18-1-3-19(4-2-18)25-17-38/h1-4,20H,5-16H2,(H,30,31)(H,32,33)(H,34,35)(H,36,37)/t20-/m0/s1. The minimum Gasteiger partial charge on any atom is -0.480 e. The summed E-state index contributed by atoms with van der Waals surface area (Å²) in [4.78, 5) is 56.9. The van der Waals surface area contributed by atoms with E-state index in [1.807, 2.05) is 12.1 Å². The summed E-state index contributed by atoms with van der Waals surface area (Å²) in [6.45, 7) is 0.498. The van der Waals surface area contributed by atoms with E-state index >= 15 is 0 Å². The molecule has 1 aliphatic heterocycles. The smallest absolute Gasteiger partial charge is 0.317 e. The molecule has 4 N–H and O–H groups in total. The predicted octanol–water partition coefficient (Wildman–Crippen LogP) is -0.108. The summed E-state index contributed by atoms with van der Waals surface area (Å²) in [5, 5.41) is 40.1. The molecule has 1 aliphatic rings. The van der Waals surface area contributed by atoms with E-state index in [0.717, 1.165) is 5.56 Å². The van der Waals surface area contributed by atoms with E-state index in [-0.39, 0.29) is 72.0 Å². The normalized spacial score (nSPS) is 19.0. The summed E-state index contributed by atoms with van der Waals surface area (Å²) < 4.78 is 0. The van der Waals surface area contributed by atoms with Crippen molar-refractivity contribution in [1.82, 2.24) is 19.6 Å². The summed E-state index contributed by atoms with van der Waals surface area (Å²) in [5.74, 6) is -4.20. The zero-order valence-corrected chi connectivity index (χ0v) is 21.8. The molecule has 1 heterocycles. The number of carboxylic acids is 4. The first-order valence-electron chi connectivity index (χ1n) is 12.0. The minimum absolute atomic E-state index is 0.208. The summed E-state index contributed by atoms with van der Waals surface area (Å²) in [6, 6.07) is 6.73. The van der Waals surface area contributed by atoms with E-state index in [1.54, 1.807) is 31.7 Å². The number of rotatable bonds is 11. The average molecular weight is 552 g/mol. The third kappa shape index (κ3) is 11.9. The fourth-order valence-electron chi connectivity index (χ4n) is 4.39. The van der Waals surface area contributed by atoms with Crippen LogP contribution in [0.4, 0.5) is 5.69 Å². The Morgan fingerprint density at radius 2 is 1.18 bits per heavy atom. The van der Waals surface area contributed by atoms with Crippen LogP contribution in [0, 0.1) is 0 Å². The third-order valence-corrected chi connectivity index (χ3v) is 6.24. The molecule has 38 heavy (non-hydrogen) atoms. The zero-order chi connectivity index (χ0) is 28.1. The van der Waals surface area contributed by atoms with Gasteiger partial charge in [0.1, 0.15) is 0 Å². The largest absolute Gasteiger partial charge is 0.480 e. The molecule has 0 radical (unpaired) electrons. The van der Waals surface area contributed by atoms with Gasteiger partial charge in [0, 0.05) is 51.9 Å². The van der Waals surface area contributed by atoms with E-state index in [2.05, 4.69) is 22.4 Å². The van der Waals surface area contributed by atoms with Gasteiger partial charge < -0.3 is 20.4 Å². The van der Waals surface area contributed by atoms with Crippen LogP contribution in [0.15, 0.2) is 29.3 Å². The van der Waals surface area contributed by atoms with Gasteiger partial charge in [-0.1, -0.05) is 12.1 Å². The molecule has 0 spiro atoms. The molecule has 0 saturated carbocycles. The average Bonchev–Trinajstić information content (AvgIpc) is 2.82. The van der Waals surface area contributed by atoms with Crippen LogP contribution in [0.5, 0.6) is 0 Å². The van der Waals surface area contributed by atoms with Gasteiger partial charge in [-0.15, -0.1) is 0 Å². The fourth-order valence-corrected chi connectivity index (χ4v) is 4.49. The van der Waals surface area contributed by atoms with Gasteiger partial charge in [-0.3, -0.25) is 38.8 Å². The number of nitrogens with zero attached hydrogens (tertiary/aromatic N) is 5. The number of thiocarbonyl (C=S) groups is 1. The van der Waals surface area contributed by atoms with Crippen molar-refractivity contribution in [2.45, 2.75) is 12.5 Å². The highest BCUT2D eigenvalue weighted by Crippen LogP contribution is 2.17. The van der Waals surface area contributed by atoms with Gasteiger partial charge in [-0.05, 0) is 36.3 Å². The number of carbonyl (C=O) groups is 4. The van der Waals surface area contributed by atoms with Crippen LogP contribution < -0.4 is 0 Å². The molecule has 1 saturated heterocycles. The Bertz CT molecular complexity index is 1020. The molecular weight excluding hydrogens is 518 g/mol. The number of aliphatic imine (C=N–C) groups is 1. The second kappa shape index (κ2) is 15.9. The minimum atomic E-state index is -1.06. The molecule has 0 aromatic heterocycles. The third-order valence-electron chi connectivity index (χ3n) is 6.15. The van der Waals surface area contributed by atoms with Crippen LogP contribution >= 0.6 is 12.2 Å². The molecule has 1 fully saturated rings. The van der Waals surface area contributed by atoms with Crippen LogP contribution in [0.3, 0.4) is 0 Å². The predicted molar refractivity (Wildman–Crippen MR) is 140 cm³/mol. The molecule has 0 bridgehead atoms. The molecule has 2 rings (SSSR count). The highest BCUT2D eigenvalue weighted by Gasteiger charge is 2.27. The van der Waals surface area contributed by atoms with Crippen molar-refractivity contribution in [1.29, 1.82) is 0 Å². The Morgan fingerprint density at radius 3 is 1.66 bits per heavy atom. The topological polar surface area (TPSA) is 175 Å². The number of benzene rings is 1. The van der Waals surface area contributed by atoms with Crippen LogP contribution in [0.1, 0.15) is 5.56 Å². The summed E-state index contributed by atoms with van der Waals surface area (Å²) >= 11 is 4.63. The number of hydrogen-bond acceptors (Lipinski definition) is 10.